The van der Waals surface area contributed by atoms with Crippen LogP contribution in [0.5, 0.6) is 5.75 Å². The molecule has 3 aromatic carbocycles. The normalized spacial score (nSPS) is 12.7. The molecule has 0 bridgehead atoms. The Labute approximate surface area is 224 Å². The minimum atomic E-state index is -3.49. The van der Waals surface area contributed by atoms with E-state index in [4.69, 9.17) is 16.3 Å². The fourth-order valence-corrected chi connectivity index (χ4v) is 6.02. The van der Waals surface area contributed by atoms with Crippen molar-refractivity contribution in [1.29, 1.82) is 0 Å². The van der Waals surface area contributed by atoms with Crippen LogP contribution in [0.15, 0.2) is 72.8 Å². The minimum Gasteiger partial charge on any atom is -0.488 e. The summed E-state index contributed by atoms with van der Waals surface area (Å²) in [6, 6.07) is 22.4. The molecule has 1 aromatic heterocycles. The number of sulfonamides is 1. The first kappa shape index (κ1) is 25.3. The van der Waals surface area contributed by atoms with Crippen molar-refractivity contribution in [3.63, 3.8) is 0 Å². The zero-order valence-corrected chi connectivity index (χ0v) is 22.3. The molecule has 0 saturated heterocycles. The Bertz CT molecular complexity index is 1570. The molecule has 1 aliphatic rings. The van der Waals surface area contributed by atoms with Crippen LogP contribution >= 0.6 is 22.9 Å². The first-order valence-electron chi connectivity index (χ1n) is 11.5. The van der Waals surface area contributed by atoms with E-state index in [1.54, 1.807) is 6.07 Å². The average molecular weight is 554 g/mol. The molecular formula is C27H24ClN3O4S2. The van der Waals surface area contributed by atoms with Crippen molar-refractivity contribution in [1.82, 2.24) is 5.32 Å². The standard InChI is InChI=1S/C27H24ClN3O4S2/c1-37(33,34)31-21-11-19(28)10-20(12-21)30-27(32)24-13-22-25(36-24)15-29-14-18-8-5-9-23(26(18)22)35-16-17-6-3-2-4-7-17/h2-13,29,31H,14-16H2,1H3,(H,30,32). The number of hydrogen-bond acceptors (Lipinski definition) is 6. The second-order valence-electron chi connectivity index (χ2n) is 8.67. The van der Waals surface area contributed by atoms with Gasteiger partial charge < -0.3 is 15.4 Å². The van der Waals surface area contributed by atoms with Crippen LogP contribution < -0.4 is 20.1 Å². The van der Waals surface area contributed by atoms with E-state index in [1.165, 1.54) is 23.5 Å². The lowest BCUT2D eigenvalue weighted by molar-refractivity contribution is 0.103. The van der Waals surface area contributed by atoms with Crippen LogP contribution in [0.2, 0.25) is 5.02 Å². The number of carbonyl (C=O) groups is 1. The number of rotatable bonds is 7. The lowest BCUT2D eigenvalue weighted by atomic mass is 9.99. The van der Waals surface area contributed by atoms with Crippen LogP contribution in [-0.2, 0) is 29.7 Å². The van der Waals surface area contributed by atoms with Crippen molar-refractivity contribution in [2.24, 2.45) is 0 Å². The van der Waals surface area contributed by atoms with Crippen molar-refractivity contribution in [2.75, 3.05) is 16.3 Å². The Balaban J connectivity index is 1.43. The highest BCUT2D eigenvalue weighted by atomic mass is 35.5. The molecule has 10 heteroatoms. The van der Waals surface area contributed by atoms with E-state index < -0.39 is 10.0 Å². The molecule has 4 aromatic rings. The first-order valence-corrected chi connectivity index (χ1v) is 14.6. The van der Waals surface area contributed by atoms with Gasteiger partial charge in [-0.05, 0) is 41.5 Å². The van der Waals surface area contributed by atoms with Crippen LogP contribution in [0.4, 0.5) is 11.4 Å². The van der Waals surface area contributed by atoms with Gasteiger partial charge in [0.25, 0.3) is 5.91 Å². The lowest BCUT2D eigenvalue weighted by Crippen LogP contribution is -2.12. The zero-order valence-electron chi connectivity index (χ0n) is 19.9. The monoisotopic (exact) mass is 553 g/mol. The molecule has 7 nitrogen and oxygen atoms in total. The molecule has 0 saturated carbocycles. The molecule has 0 atom stereocenters. The molecule has 2 heterocycles. The van der Waals surface area contributed by atoms with Crippen molar-refractivity contribution in [3.8, 4) is 16.9 Å². The summed E-state index contributed by atoms with van der Waals surface area (Å²) in [5, 5.41) is 6.57. The number of thiophene rings is 1. The average Bonchev–Trinajstić information content (AvgIpc) is 3.18. The summed E-state index contributed by atoms with van der Waals surface area (Å²) in [6.07, 6.45) is 1.05. The van der Waals surface area contributed by atoms with E-state index in [0.717, 1.165) is 39.1 Å². The predicted molar refractivity (Wildman–Crippen MR) is 149 cm³/mol. The maximum atomic E-state index is 13.2. The Kier molecular flexibility index (Phi) is 7.21. The van der Waals surface area contributed by atoms with Crippen molar-refractivity contribution in [3.05, 3.63) is 98.7 Å². The molecule has 1 amide bonds. The van der Waals surface area contributed by atoms with Gasteiger partial charge >= 0.3 is 0 Å². The van der Waals surface area contributed by atoms with Gasteiger partial charge in [0.05, 0.1) is 16.8 Å². The number of halogens is 1. The van der Waals surface area contributed by atoms with Crippen LogP contribution in [0.1, 0.15) is 25.7 Å². The van der Waals surface area contributed by atoms with Gasteiger partial charge in [0.15, 0.2) is 0 Å². The van der Waals surface area contributed by atoms with Crippen LogP contribution in [0.3, 0.4) is 0 Å². The summed E-state index contributed by atoms with van der Waals surface area (Å²) in [5.41, 5.74) is 4.77. The van der Waals surface area contributed by atoms with Gasteiger partial charge in [-0.1, -0.05) is 54.1 Å². The highest BCUT2D eigenvalue weighted by Gasteiger charge is 2.23. The van der Waals surface area contributed by atoms with E-state index in [0.29, 0.717) is 35.3 Å². The second-order valence-corrected chi connectivity index (χ2v) is 12.0. The van der Waals surface area contributed by atoms with Gasteiger partial charge in [-0.15, -0.1) is 11.3 Å². The molecular weight excluding hydrogens is 530 g/mol. The maximum absolute atomic E-state index is 13.2. The number of fused-ring (bicyclic) bond motifs is 3. The smallest absolute Gasteiger partial charge is 0.265 e. The number of carbonyl (C=O) groups excluding carboxylic acids is 1. The summed E-state index contributed by atoms with van der Waals surface area (Å²) in [6.45, 7) is 1.76. The number of benzene rings is 3. The number of amides is 1. The third kappa shape index (κ3) is 6.14. The van der Waals surface area contributed by atoms with Crippen molar-refractivity contribution < 1.29 is 17.9 Å². The fraction of sp³-hybridized carbons (Fsp3) is 0.148. The summed E-state index contributed by atoms with van der Waals surface area (Å²) >= 11 is 7.56. The van der Waals surface area contributed by atoms with Crippen molar-refractivity contribution in [2.45, 2.75) is 19.7 Å². The Hall–Kier alpha value is -3.37. The zero-order chi connectivity index (χ0) is 26.0. The fourth-order valence-electron chi connectivity index (χ4n) is 4.21. The highest BCUT2D eigenvalue weighted by Crippen LogP contribution is 2.41. The first-order chi connectivity index (χ1) is 17.7. The summed E-state index contributed by atoms with van der Waals surface area (Å²) in [5.74, 6) is 0.456. The molecule has 5 rings (SSSR count). The second kappa shape index (κ2) is 10.5. The topological polar surface area (TPSA) is 96.5 Å². The molecule has 0 spiro atoms. The summed E-state index contributed by atoms with van der Waals surface area (Å²) < 4.78 is 31.8. The van der Waals surface area contributed by atoms with Crippen LogP contribution in [0, 0.1) is 0 Å². The van der Waals surface area contributed by atoms with Gasteiger partial charge in [0.2, 0.25) is 10.0 Å². The molecule has 0 radical (unpaired) electrons. The lowest BCUT2D eigenvalue weighted by Gasteiger charge is -2.14. The molecule has 0 fully saturated rings. The van der Waals surface area contributed by atoms with Gasteiger partial charge in [0, 0.05) is 39.8 Å². The van der Waals surface area contributed by atoms with E-state index in [9.17, 15) is 13.2 Å². The molecule has 3 N–H and O–H groups in total. The van der Waals surface area contributed by atoms with Gasteiger partial charge in [-0.2, -0.15) is 0 Å². The highest BCUT2D eigenvalue weighted by molar-refractivity contribution is 7.92. The maximum Gasteiger partial charge on any atom is 0.265 e. The van der Waals surface area contributed by atoms with E-state index >= 15 is 0 Å². The number of ether oxygens (including phenoxy) is 1. The number of hydrogen-bond donors (Lipinski definition) is 3. The van der Waals surface area contributed by atoms with E-state index in [1.807, 2.05) is 48.5 Å². The Morgan fingerprint density at radius 1 is 1.03 bits per heavy atom. The third-order valence-corrected chi connectivity index (χ3v) is 7.67. The Morgan fingerprint density at radius 2 is 1.81 bits per heavy atom. The minimum absolute atomic E-state index is 0.269. The summed E-state index contributed by atoms with van der Waals surface area (Å²) in [4.78, 5) is 14.8. The van der Waals surface area contributed by atoms with E-state index in [-0.39, 0.29) is 11.6 Å². The molecule has 37 heavy (non-hydrogen) atoms. The Morgan fingerprint density at radius 3 is 2.59 bits per heavy atom. The van der Waals surface area contributed by atoms with E-state index in [2.05, 4.69) is 21.4 Å². The van der Waals surface area contributed by atoms with Gasteiger partial charge in [-0.25, -0.2) is 8.42 Å². The summed E-state index contributed by atoms with van der Waals surface area (Å²) in [7, 11) is -3.49. The number of anilines is 2. The van der Waals surface area contributed by atoms with Crippen LogP contribution in [0.25, 0.3) is 11.1 Å². The predicted octanol–water partition coefficient (Wildman–Crippen LogP) is 5.87. The molecule has 1 aliphatic heterocycles. The largest absolute Gasteiger partial charge is 0.488 e. The molecule has 0 unspecified atom stereocenters. The quantitative estimate of drug-likeness (QED) is 0.266. The molecule has 0 aliphatic carbocycles. The SMILES string of the molecule is CS(=O)(=O)Nc1cc(Cl)cc(NC(=O)c2cc3c(s2)CNCc2cccc(OCc4ccccc4)c2-3)c1. The van der Waals surface area contributed by atoms with Crippen molar-refractivity contribution >= 4 is 50.2 Å². The van der Waals surface area contributed by atoms with Crippen LogP contribution in [-0.4, -0.2) is 20.6 Å². The van der Waals surface area contributed by atoms with Gasteiger partial charge in [-0.3, -0.25) is 9.52 Å². The third-order valence-electron chi connectivity index (χ3n) is 5.71. The molecule has 190 valence electrons. The number of nitrogens with one attached hydrogen (secondary N) is 3. The van der Waals surface area contributed by atoms with Gasteiger partial charge in [0.1, 0.15) is 12.4 Å².